The summed E-state index contributed by atoms with van der Waals surface area (Å²) < 4.78 is 18.5. The molecule has 140 valence electrons. The third-order valence-corrected chi connectivity index (χ3v) is 4.43. The third kappa shape index (κ3) is 6.63. The van der Waals surface area contributed by atoms with Gasteiger partial charge in [-0.3, -0.25) is 9.89 Å². The van der Waals surface area contributed by atoms with Crippen molar-refractivity contribution in [1.29, 1.82) is 0 Å². The fraction of sp³-hybridized carbons (Fsp3) is 0.632. The second kappa shape index (κ2) is 9.73. The van der Waals surface area contributed by atoms with Gasteiger partial charge in [0.05, 0.1) is 19.8 Å². The van der Waals surface area contributed by atoms with Gasteiger partial charge in [-0.15, -0.1) is 0 Å². The number of nitrogens with zero attached hydrogens (tertiary/aromatic N) is 2. The summed E-state index contributed by atoms with van der Waals surface area (Å²) in [5.74, 6) is 0.618. The topological polar surface area (TPSA) is 48.9 Å². The maximum Gasteiger partial charge on any atom is 0.191 e. The Morgan fingerprint density at radius 3 is 2.52 bits per heavy atom. The zero-order valence-electron chi connectivity index (χ0n) is 15.6. The summed E-state index contributed by atoms with van der Waals surface area (Å²) >= 11 is 0. The van der Waals surface area contributed by atoms with Crippen LogP contribution in [-0.2, 0) is 10.2 Å². The predicted molar refractivity (Wildman–Crippen MR) is 101 cm³/mol. The van der Waals surface area contributed by atoms with Gasteiger partial charge in [0.15, 0.2) is 5.96 Å². The molecule has 1 saturated heterocycles. The van der Waals surface area contributed by atoms with E-state index in [0.29, 0.717) is 6.54 Å². The van der Waals surface area contributed by atoms with E-state index in [9.17, 15) is 4.39 Å². The quantitative estimate of drug-likeness (QED) is 0.583. The summed E-state index contributed by atoms with van der Waals surface area (Å²) in [4.78, 5) is 7.12. The highest BCUT2D eigenvalue weighted by molar-refractivity contribution is 5.79. The van der Waals surface area contributed by atoms with E-state index in [2.05, 4.69) is 36.3 Å². The van der Waals surface area contributed by atoms with Crippen LogP contribution in [0.1, 0.15) is 26.3 Å². The lowest BCUT2D eigenvalue weighted by Gasteiger charge is -2.27. The summed E-state index contributed by atoms with van der Waals surface area (Å²) in [5.41, 5.74) is 0.932. The van der Waals surface area contributed by atoms with Crippen LogP contribution in [0, 0.1) is 5.82 Å². The SMILES string of the molecule is CCNC(=NCC(C)(C)c1ccc(F)cc1)NCCN1CCOCC1. The molecule has 6 heteroatoms. The highest BCUT2D eigenvalue weighted by Gasteiger charge is 2.20. The molecule has 0 aromatic heterocycles. The molecule has 25 heavy (non-hydrogen) atoms. The molecule has 0 unspecified atom stereocenters. The smallest absolute Gasteiger partial charge is 0.191 e. The molecule has 1 fully saturated rings. The highest BCUT2D eigenvalue weighted by atomic mass is 19.1. The van der Waals surface area contributed by atoms with E-state index in [1.807, 2.05) is 12.1 Å². The molecule has 0 atom stereocenters. The lowest BCUT2D eigenvalue weighted by atomic mass is 9.85. The molecule has 2 N–H and O–H groups in total. The van der Waals surface area contributed by atoms with Crippen LogP contribution in [0.3, 0.4) is 0 Å². The van der Waals surface area contributed by atoms with E-state index in [-0.39, 0.29) is 11.2 Å². The normalized spacial score (nSPS) is 16.7. The van der Waals surface area contributed by atoms with Crippen LogP contribution in [0.4, 0.5) is 4.39 Å². The van der Waals surface area contributed by atoms with E-state index in [1.165, 1.54) is 12.1 Å². The lowest BCUT2D eigenvalue weighted by Crippen LogP contribution is -2.44. The van der Waals surface area contributed by atoms with Crippen molar-refractivity contribution < 1.29 is 9.13 Å². The zero-order chi connectivity index (χ0) is 18.1. The van der Waals surface area contributed by atoms with Gasteiger partial charge in [0.25, 0.3) is 0 Å². The van der Waals surface area contributed by atoms with Gasteiger partial charge in [-0.1, -0.05) is 26.0 Å². The number of benzene rings is 1. The second-order valence-electron chi connectivity index (χ2n) is 6.97. The van der Waals surface area contributed by atoms with Gasteiger partial charge in [0.1, 0.15) is 5.82 Å². The number of ether oxygens (including phenoxy) is 1. The van der Waals surface area contributed by atoms with Crippen molar-refractivity contribution >= 4 is 5.96 Å². The van der Waals surface area contributed by atoms with Crippen LogP contribution >= 0.6 is 0 Å². The zero-order valence-corrected chi connectivity index (χ0v) is 15.6. The van der Waals surface area contributed by atoms with Gasteiger partial charge >= 0.3 is 0 Å². The number of hydrogen-bond acceptors (Lipinski definition) is 3. The first-order valence-electron chi connectivity index (χ1n) is 9.09. The van der Waals surface area contributed by atoms with Crippen LogP contribution in [0.25, 0.3) is 0 Å². The molecule has 0 aliphatic carbocycles. The number of halogens is 1. The van der Waals surface area contributed by atoms with E-state index in [1.54, 1.807) is 0 Å². The number of hydrogen-bond donors (Lipinski definition) is 2. The van der Waals surface area contributed by atoms with E-state index < -0.39 is 0 Å². The van der Waals surface area contributed by atoms with Gasteiger partial charge in [0, 0.05) is 38.1 Å². The number of guanidine groups is 1. The molecular weight excluding hydrogens is 319 g/mol. The average Bonchev–Trinajstić information content (AvgIpc) is 2.61. The Kier molecular flexibility index (Phi) is 7.65. The molecule has 5 nitrogen and oxygen atoms in total. The number of aliphatic imine (C=N–C) groups is 1. The van der Waals surface area contributed by atoms with Gasteiger partial charge in [0.2, 0.25) is 0 Å². The Labute approximate surface area is 150 Å². The molecule has 0 spiro atoms. The third-order valence-electron chi connectivity index (χ3n) is 4.43. The van der Waals surface area contributed by atoms with Crippen molar-refractivity contribution in [3.05, 3.63) is 35.6 Å². The van der Waals surface area contributed by atoms with Crippen LogP contribution in [-0.4, -0.2) is 63.3 Å². The summed E-state index contributed by atoms with van der Waals surface area (Å²) in [5, 5.41) is 6.69. The van der Waals surface area contributed by atoms with Crippen LogP contribution in [0.15, 0.2) is 29.3 Å². The molecule has 0 radical (unpaired) electrons. The first-order valence-corrected chi connectivity index (χ1v) is 9.09. The number of morpholine rings is 1. The summed E-state index contributed by atoms with van der Waals surface area (Å²) in [6.07, 6.45) is 0. The monoisotopic (exact) mass is 350 g/mol. The predicted octanol–water partition coefficient (Wildman–Crippen LogP) is 1.99. The van der Waals surface area contributed by atoms with Crippen molar-refractivity contribution in [2.24, 2.45) is 4.99 Å². The van der Waals surface area contributed by atoms with E-state index in [4.69, 9.17) is 9.73 Å². The molecule has 1 aromatic rings. The van der Waals surface area contributed by atoms with Crippen molar-refractivity contribution in [2.45, 2.75) is 26.2 Å². The summed E-state index contributed by atoms with van der Waals surface area (Å²) in [6, 6.07) is 6.69. The lowest BCUT2D eigenvalue weighted by molar-refractivity contribution is 0.0389. The minimum atomic E-state index is -0.207. The molecule has 0 bridgehead atoms. The Bertz CT molecular complexity index is 539. The van der Waals surface area contributed by atoms with Gasteiger partial charge in [-0.05, 0) is 24.6 Å². The van der Waals surface area contributed by atoms with Crippen molar-refractivity contribution in [2.75, 3.05) is 52.5 Å². The molecule has 0 amide bonds. The van der Waals surface area contributed by atoms with E-state index in [0.717, 1.165) is 57.5 Å². The standard InChI is InChI=1S/C19H31FN4O/c1-4-21-18(22-9-10-24-11-13-25-14-12-24)23-15-19(2,3)16-5-7-17(20)8-6-16/h5-8H,4,9-15H2,1-3H3,(H2,21,22,23). The van der Waals surface area contributed by atoms with Crippen molar-refractivity contribution in [3.8, 4) is 0 Å². The van der Waals surface area contributed by atoms with Crippen LogP contribution in [0.2, 0.25) is 0 Å². The second-order valence-corrected chi connectivity index (χ2v) is 6.97. The Morgan fingerprint density at radius 1 is 1.20 bits per heavy atom. The largest absolute Gasteiger partial charge is 0.379 e. The Balaban J connectivity index is 1.87. The van der Waals surface area contributed by atoms with Gasteiger partial charge in [-0.25, -0.2) is 4.39 Å². The van der Waals surface area contributed by atoms with Crippen molar-refractivity contribution in [1.82, 2.24) is 15.5 Å². The van der Waals surface area contributed by atoms with Gasteiger partial charge < -0.3 is 15.4 Å². The fourth-order valence-corrected chi connectivity index (χ4v) is 2.77. The molecule has 2 rings (SSSR count). The Hall–Kier alpha value is -1.66. The maximum absolute atomic E-state index is 13.1. The van der Waals surface area contributed by atoms with Crippen LogP contribution in [0.5, 0.6) is 0 Å². The molecule has 1 heterocycles. The number of rotatable bonds is 7. The molecule has 0 saturated carbocycles. The Morgan fingerprint density at radius 2 is 1.88 bits per heavy atom. The highest BCUT2D eigenvalue weighted by Crippen LogP contribution is 2.23. The minimum absolute atomic E-state index is 0.153. The first-order chi connectivity index (χ1) is 12.0. The fourth-order valence-electron chi connectivity index (χ4n) is 2.77. The van der Waals surface area contributed by atoms with Crippen molar-refractivity contribution in [3.63, 3.8) is 0 Å². The van der Waals surface area contributed by atoms with Gasteiger partial charge in [-0.2, -0.15) is 0 Å². The number of nitrogens with one attached hydrogen (secondary N) is 2. The van der Waals surface area contributed by atoms with E-state index >= 15 is 0 Å². The molecule has 1 aliphatic heterocycles. The molecular formula is C19H31FN4O. The maximum atomic E-state index is 13.1. The summed E-state index contributed by atoms with van der Waals surface area (Å²) in [6.45, 7) is 13.2. The minimum Gasteiger partial charge on any atom is -0.379 e. The molecule has 1 aliphatic rings. The summed E-state index contributed by atoms with van der Waals surface area (Å²) in [7, 11) is 0. The first kappa shape index (κ1) is 19.7. The average molecular weight is 350 g/mol. The molecule has 1 aromatic carbocycles. The van der Waals surface area contributed by atoms with Crippen LogP contribution < -0.4 is 10.6 Å².